The average molecular weight is 329 g/mol. The zero-order valence-corrected chi connectivity index (χ0v) is 14.0. The molecule has 1 unspecified atom stereocenters. The van der Waals surface area contributed by atoms with Gasteiger partial charge in [0, 0.05) is 13.1 Å². The summed E-state index contributed by atoms with van der Waals surface area (Å²) in [5.41, 5.74) is 1.39. The Hall–Kier alpha value is -1.41. The molecule has 1 aromatic heterocycles. The predicted octanol–water partition coefficient (Wildman–Crippen LogP) is 0.492. The molecule has 1 aliphatic rings. The first-order valence-electron chi connectivity index (χ1n) is 7.44. The van der Waals surface area contributed by atoms with Crippen LogP contribution in [0.15, 0.2) is 6.07 Å². The Kier molecular flexibility index (Phi) is 4.91. The highest BCUT2D eigenvalue weighted by molar-refractivity contribution is 7.92. The Morgan fingerprint density at radius 3 is 2.64 bits per heavy atom. The lowest BCUT2D eigenvalue weighted by molar-refractivity contribution is -0.129. The van der Waals surface area contributed by atoms with Crippen molar-refractivity contribution in [2.45, 2.75) is 51.6 Å². The predicted molar refractivity (Wildman–Crippen MR) is 81.8 cm³/mol. The van der Waals surface area contributed by atoms with Gasteiger partial charge in [0.2, 0.25) is 5.91 Å². The molecule has 0 aromatic carbocycles. The first kappa shape index (κ1) is 17.0. The van der Waals surface area contributed by atoms with Crippen molar-refractivity contribution in [1.82, 2.24) is 14.7 Å². The van der Waals surface area contributed by atoms with Crippen LogP contribution in [0.5, 0.6) is 0 Å². The molecule has 8 heteroatoms. The number of rotatable bonds is 4. The molecule has 22 heavy (non-hydrogen) atoms. The van der Waals surface area contributed by atoms with Crippen LogP contribution in [-0.2, 0) is 27.7 Å². The number of hydrogen-bond donors (Lipinski definition) is 1. The molecule has 0 fully saturated rings. The number of hydrogen-bond acceptors (Lipinski definition) is 5. The smallest absolute Gasteiger partial charge is 0.238 e. The number of aryl methyl sites for hydroxylation is 1. The third-order valence-electron chi connectivity index (χ3n) is 3.86. The standard InChI is InChI=1S/C14H23N3O4S/c1-10(2)22(20,21)9-14(19)16-5-4-6-17-12(8-16)7-13(15-17)11(3)18/h7,10-11,18H,4-6,8-9H2,1-3H3. The third kappa shape index (κ3) is 3.67. The summed E-state index contributed by atoms with van der Waals surface area (Å²) in [5, 5.41) is 13.4. The van der Waals surface area contributed by atoms with Gasteiger partial charge >= 0.3 is 0 Å². The maximum atomic E-state index is 12.3. The monoisotopic (exact) mass is 329 g/mol. The van der Waals surface area contributed by atoms with Crippen LogP contribution in [0.25, 0.3) is 0 Å². The molecule has 1 aliphatic heterocycles. The summed E-state index contributed by atoms with van der Waals surface area (Å²) in [5.74, 6) is -0.829. The van der Waals surface area contributed by atoms with Crippen molar-refractivity contribution in [3.63, 3.8) is 0 Å². The zero-order chi connectivity index (χ0) is 16.5. The van der Waals surface area contributed by atoms with Crippen molar-refractivity contribution in [3.8, 4) is 0 Å². The molecule has 1 N–H and O–H groups in total. The molecule has 0 saturated heterocycles. The highest BCUT2D eigenvalue weighted by Crippen LogP contribution is 2.18. The van der Waals surface area contributed by atoms with E-state index in [1.165, 1.54) is 0 Å². The zero-order valence-electron chi connectivity index (χ0n) is 13.2. The van der Waals surface area contributed by atoms with Crippen LogP contribution in [0.1, 0.15) is 44.7 Å². The van der Waals surface area contributed by atoms with E-state index in [1.807, 2.05) is 0 Å². The average Bonchev–Trinajstić information content (AvgIpc) is 2.70. The van der Waals surface area contributed by atoms with E-state index >= 15 is 0 Å². The van der Waals surface area contributed by atoms with Gasteiger partial charge in [0.05, 0.1) is 29.3 Å². The van der Waals surface area contributed by atoms with Crippen LogP contribution in [0.3, 0.4) is 0 Å². The van der Waals surface area contributed by atoms with Crippen molar-refractivity contribution in [1.29, 1.82) is 0 Å². The van der Waals surface area contributed by atoms with Crippen LogP contribution < -0.4 is 0 Å². The fourth-order valence-electron chi connectivity index (χ4n) is 2.33. The van der Waals surface area contributed by atoms with Crippen molar-refractivity contribution in [2.75, 3.05) is 12.3 Å². The highest BCUT2D eigenvalue weighted by atomic mass is 32.2. The Morgan fingerprint density at radius 2 is 2.05 bits per heavy atom. The molecule has 0 spiro atoms. The first-order valence-corrected chi connectivity index (χ1v) is 9.16. The summed E-state index contributed by atoms with van der Waals surface area (Å²) < 4.78 is 25.6. The molecule has 0 radical (unpaired) electrons. The van der Waals surface area contributed by atoms with Crippen LogP contribution in [0.4, 0.5) is 0 Å². The second-order valence-corrected chi connectivity index (χ2v) is 8.54. The summed E-state index contributed by atoms with van der Waals surface area (Å²) in [6.45, 7) is 6.29. The number of fused-ring (bicyclic) bond motifs is 1. The summed E-state index contributed by atoms with van der Waals surface area (Å²) in [4.78, 5) is 13.9. The van der Waals surface area contributed by atoms with Gasteiger partial charge in [0.15, 0.2) is 9.84 Å². The molecule has 124 valence electrons. The van der Waals surface area contributed by atoms with Crippen molar-refractivity contribution < 1.29 is 18.3 Å². The molecule has 0 aliphatic carbocycles. The lowest BCUT2D eigenvalue weighted by Crippen LogP contribution is -2.37. The van der Waals surface area contributed by atoms with Gasteiger partial charge in [-0.25, -0.2) is 8.42 Å². The second kappa shape index (κ2) is 6.37. The summed E-state index contributed by atoms with van der Waals surface area (Å²) in [6.07, 6.45) is 0.0476. The molecule has 2 heterocycles. The van der Waals surface area contributed by atoms with Gasteiger partial charge in [-0.05, 0) is 33.3 Å². The van der Waals surface area contributed by atoms with Gasteiger partial charge in [-0.3, -0.25) is 9.48 Å². The summed E-state index contributed by atoms with van der Waals surface area (Å²) in [6, 6.07) is 1.77. The van der Waals surface area contributed by atoms with E-state index in [-0.39, 0.29) is 5.91 Å². The number of aromatic nitrogens is 2. The van der Waals surface area contributed by atoms with E-state index in [4.69, 9.17) is 0 Å². The summed E-state index contributed by atoms with van der Waals surface area (Å²) in [7, 11) is -3.40. The normalized spacial score (nSPS) is 17.2. The Balaban J connectivity index is 2.14. The molecule has 1 amide bonds. The fourth-order valence-corrected chi connectivity index (χ4v) is 3.19. The number of carbonyl (C=O) groups excluding carboxylic acids is 1. The van der Waals surface area contributed by atoms with Gasteiger partial charge in [-0.2, -0.15) is 5.10 Å². The van der Waals surface area contributed by atoms with Gasteiger partial charge in [0.25, 0.3) is 0 Å². The first-order chi connectivity index (χ1) is 10.2. The SMILES string of the molecule is CC(O)c1cc2n(n1)CCCN(C(=O)CS(=O)(=O)C(C)C)C2. The number of aliphatic hydroxyl groups is 1. The minimum atomic E-state index is -3.40. The van der Waals surface area contributed by atoms with Crippen molar-refractivity contribution in [2.24, 2.45) is 0 Å². The molecule has 0 bridgehead atoms. The Labute approximate surface area is 130 Å². The summed E-state index contributed by atoms with van der Waals surface area (Å²) >= 11 is 0. The molecule has 1 aromatic rings. The van der Waals surface area contributed by atoms with E-state index in [0.29, 0.717) is 31.7 Å². The highest BCUT2D eigenvalue weighted by Gasteiger charge is 2.27. The molecule has 7 nitrogen and oxygen atoms in total. The molecule has 2 rings (SSSR count). The van der Waals surface area contributed by atoms with E-state index in [2.05, 4.69) is 5.10 Å². The number of amides is 1. The van der Waals surface area contributed by atoms with Gasteiger partial charge in [-0.15, -0.1) is 0 Å². The number of carbonyl (C=O) groups is 1. The molecule has 0 saturated carbocycles. The molecule has 1 atom stereocenters. The van der Waals surface area contributed by atoms with Crippen LogP contribution in [0.2, 0.25) is 0 Å². The minimum absolute atomic E-state index is 0.326. The van der Waals surface area contributed by atoms with E-state index in [9.17, 15) is 18.3 Å². The van der Waals surface area contributed by atoms with Crippen molar-refractivity contribution in [3.05, 3.63) is 17.5 Å². The lowest BCUT2D eigenvalue weighted by Gasteiger charge is -2.20. The van der Waals surface area contributed by atoms with Gasteiger partial charge in [-0.1, -0.05) is 0 Å². The Bertz CT molecular complexity index is 649. The Morgan fingerprint density at radius 1 is 1.36 bits per heavy atom. The van der Waals surface area contributed by atoms with Crippen LogP contribution in [-0.4, -0.2) is 51.7 Å². The topological polar surface area (TPSA) is 92.5 Å². The number of sulfone groups is 1. The van der Waals surface area contributed by atoms with Crippen LogP contribution in [0, 0.1) is 0 Å². The van der Waals surface area contributed by atoms with Crippen molar-refractivity contribution >= 4 is 15.7 Å². The fraction of sp³-hybridized carbons (Fsp3) is 0.714. The van der Waals surface area contributed by atoms with Gasteiger partial charge in [0.1, 0.15) is 5.75 Å². The molecular formula is C14H23N3O4S. The second-order valence-electron chi connectivity index (χ2n) is 5.98. The van der Waals surface area contributed by atoms with E-state index < -0.39 is 26.9 Å². The third-order valence-corrected chi connectivity index (χ3v) is 5.94. The maximum Gasteiger partial charge on any atom is 0.238 e. The van der Waals surface area contributed by atoms with E-state index in [1.54, 1.807) is 36.4 Å². The largest absolute Gasteiger partial charge is 0.387 e. The van der Waals surface area contributed by atoms with Gasteiger partial charge < -0.3 is 10.0 Å². The molecular weight excluding hydrogens is 306 g/mol. The minimum Gasteiger partial charge on any atom is -0.387 e. The quantitative estimate of drug-likeness (QED) is 0.868. The number of nitrogens with zero attached hydrogens (tertiary/aromatic N) is 3. The lowest BCUT2D eigenvalue weighted by atomic mass is 10.2. The van der Waals surface area contributed by atoms with Crippen LogP contribution >= 0.6 is 0 Å². The van der Waals surface area contributed by atoms with E-state index in [0.717, 1.165) is 5.69 Å². The number of aliphatic hydroxyl groups excluding tert-OH is 1. The maximum absolute atomic E-state index is 12.3.